The van der Waals surface area contributed by atoms with Gasteiger partial charge in [-0.15, -0.1) is 0 Å². The van der Waals surface area contributed by atoms with Gasteiger partial charge in [0.25, 0.3) is 0 Å². The molecule has 0 radical (unpaired) electrons. The Balaban J connectivity index is 1.38. The second-order valence-corrected chi connectivity index (χ2v) is 9.39. The summed E-state index contributed by atoms with van der Waals surface area (Å²) in [5.41, 5.74) is 5.35. The number of nitriles is 1. The predicted molar refractivity (Wildman–Crippen MR) is 149 cm³/mol. The number of hydrogen-bond acceptors (Lipinski definition) is 4. The summed E-state index contributed by atoms with van der Waals surface area (Å²) in [5, 5.41) is 15.4. The molecule has 38 heavy (non-hydrogen) atoms. The lowest BCUT2D eigenvalue weighted by atomic mass is 10.1. The van der Waals surface area contributed by atoms with Gasteiger partial charge in [-0.25, -0.2) is 4.79 Å². The summed E-state index contributed by atoms with van der Waals surface area (Å²) in [6.45, 7) is 2.42. The number of fused-ring (bicyclic) bond motifs is 2. The van der Waals surface area contributed by atoms with Crippen molar-refractivity contribution in [3.63, 3.8) is 0 Å². The van der Waals surface area contributed by atoms with E-state index in [9.17, 15) is 10.1 Å². The van der Waals surface area contributed by atoms with E-state index in [1.54, 1.807) is 10.8 Å². The Hall–Kier alpha value is -4.87. The molecule has 4 aromatic heterocycles. The van der Waals surface area contributed by atoms with E-state index in [1.165, 1.54) is 0 Å². The first-order chi connectivity index (χ1) is 18.7. The van der Waals surface area contributed by atoms with Crippen molar-refractivity contribution in [3.05, 3.63) is 107 Å². The van der Waals surface area contributed by atoms with Crippen LogP contribution in [-0.4, -0.2) is 30.2 Å². The largest absolute Gasteiger partial charge is 0.348 e. The molecular weight excluding hydrogens is 474 g/mol. The predicted octanol–water partition coefficient (Wildman–Crippen LogP) is 4.73. The number of aromatic amines is 1. The summed E-state index contributed by atoms with van der Waals surface area (Å²) in [7, 11) is 1.96. The Bertz CT molecular complexity index is 1850. The molecule has 0 saturated carbocycles. The average Bonchev–Trinajstić information content (AvgIpc) is 3.59. The van der Waals surface area contributed by atoms with Gasteiger partial charge in [0, 0.05) is 72.3 Å². The maximum absolute atomic E-state index is 13.3. The van der Waals surface area contributed by atoms with Crippen LogP contribution >= 0.6 is 0 Å². The molecule has 0 aliphatic carbocycles. The molecule has 0 aliphatic rings. The molecule has 8 heteroatoms. The highest BCUT2D eigenvalue weighted by Gasteiger charge is 2.23. The zero-order chi connectivity index (χ0) is 26.1. The number of hydrogen-bond donors (Lipinski definition) is 2. The van der Waals surface area contributed by atoms with Gasteiger partial charge in [0.15, 0.2) is 0 Å². The summed E-state index contributed by atoms with van der Waals surface area (Å²) >= 11 is 0. The number of aromatic nitrogens is 5. The molecule has 8 nitrogen and oxygen atoms in total. The number of aryl methyl sites for hydroxylation is 2. The molecule has 0 fully saturated rings. The smallest absolute Gasteiger partial charge is 0.331 e. The van der Waals surface area contributed by atoms with Crippen molar-refractivity contribution in [3.8, 4) is 23.0 Å². The zero-order valence-corrected chi connectivity index (χ0v) is 21.1. The van der Waals surface area contributed by atoms with Crippen LogP contribution < -0.4 is 11.0 Å². The molecule has 188 valence electrons. The van der Waals surface area contributed by atoms with E-state index in [4.69, 9.17) is 0 Å². The van der Waals surface area contributed by atoms with Crippen molar-refractivity contribution in [2.75, 3.05) is 6.54 Å². The van der Waals surface area contributed by atoms with E-state index in [-0.39, 0.29) is 11.4 Å². The van der Waals surface area contributed by atoms with E-state index >= 15 is 0 Å². The first kappa shape index (κ1) is 23.5. The van der Waals surface area contributed by atoms with E-state index < -0.39 is 0 Å². The first-order valence-corrected chi connectivity index (χ1v) is 12.6. The summed E-state index contributed by atoms with van der Waals surface area (Å²) in [4.78, 5) is 20.2. The van der Waals surface area contributed by atoms with Gasteiger partial charge in [0.2, 0.25) is 0 Å². The van der Waals surface area contributed by atoms with Crippen LogP contribution in [0.4, 0.5) is 0 Å². The summed E-state index contributed by atoms with van der Waals surface area (Å²) in [6.07, 6.45) is 8.58. The van der Waals surface area contributed by atoms with Crippen molar-refractivity contribution >= 4 is 21.8 Å². The maximum Gasteiger partial charge on any atom is 0.331 e. The molecule has 2 aromatic carbocycles. The van der Waals surface area contributed by atoms with Crippen LogP contribution in [-0.2, 0) is 20.1 Å². The molecule has 0 spiro atoms. The van der Waals surface area contributed by atoms with Gasteiger partial charge in [-0.1, -0.05) is 42.5 Å². The van der Waals surface area contributed by atoms with Gasteiger partial charge in [-0.2, -0.15) is 5.26 Å². The van der Waals surface area contributed by atoms with E-state index in [1.807, 2.05) is 72.5 Å². The lowest BCUT2D eigenvalue weighted by Gasteiger charge is -2.07. The molecule has 0 atom stereocenters. The summed E-state index contributed by atoms with van der Waals surface area (Å²) < 4.78 is 5.85. The Morgan fingerprint density at radius 1 is 1.00 bits per heavy atom. The summed E-state index contributed by atoms with van der Waals surface area (Å²) in [6, 6.07) is 22.3. The molecule has 0 aliphatic heterocycles. The molecule has 4 heterocycles. The quantitative estimate of drug-likeness (QED) is 0.295. The molecule has 2 N–H and O–H groups in total. The number of H-pyrrole nitrogens is 1. The van der Waals surface area contributed by atoms with Crippen LogP contribution in [0.5, 0.6) is 0 Å². The Kier molecular flexibility index (Phi) is 6.12. The lowest BCUT2D eigenvalue weighted by Crippen LogP contribution is -2.16. The van der Waals surface area contributed by atoms with Crippen LogP contribution in [0, 0.1) is 11.3 Å². The molecule has 0 amide bonds. The van der Waals surface area contributed by atoms with Gasteiger partial charge in [0.1, 0.15) is 11.8 Å². The highest BCUT2D eigenvalue weighted by Crippen LogP contribution is 2.35. The highest BCUT2D eigenvalue weighted by atomic mass is 16.1. The third kappa shape index (κ3) is 4.09. The minimum Gasteiger partial charge on any atom is -0.348 e. The first-order valence-electron chi connectivity index (χ1n) is 12.6. The van der Waals surface area contributed by atoms with Crippen molar-refractivity contribution < 1.29 is 0 Å². The third-order valence-corrected chi connectivity index (χ3v) is 6.97. The SMILES string of the molecule is Cn1cc(-n2c(-c3cn(CCCNCc4cccnc4)c4ccccc34)c(C#N)[nH]c2=O)c2ccccc21. The van der Waals surface area contributed by atoms with Gasteiger partial charge < -0.3 is 14.5 Å². The van der Waals surface area contributed by atoms with Gasteiger partial charge >= 0.3 is 5.69 Å². The number of pyridine rings is 1. The Morgan fingerprint density at radius 2 is 1.79 bits per heavy atom. The summed E-state index contributed by atoms with van der Waals surface area (Å²) in [5.74, 6) is 0. The van der Waals surface area contributed by atoms with Crippen LogP contribution in [0.1, 0.15) is 17.7 Å². The molecule has 0 saturated heterocycles. The van der Waals surface area contributed by atoms with Crippen molar-refractivity contribution in [1.29, 1.82) is 5.26 Å². The van der Waals surface area contributed by atoms with Crippen molar-refractivity contribution in [2.45, 2.75) is 19.5 Å². The number of nitrogens with zero attached hydrogens (tertiary/aromatic N) is 5. The Labute approximate surface area is 219 Å². The van der Waals surface area contributed by atoms with Crippen LogP contribution in [0.2, 0.25) is 0 Å². The molecule has 0 bridgehead atoms. The molecule has 0 unspecified atom stereocenters. The molecular formula is C30H27N7O. The van der Waals surface area contributed by atoms with E-state index in [0.717, 1.165) is 64.7 Å². The van der Waals surface area contributed by atoms with Gasteiger partial charge in [-0.05, 0) is 36.7 Å². The lowest BCUT2D eigenvalue weighted by molar-refractivity contribution is 0.590. The fourth-order valence-electron chi connectivity index (χ4n) is 5.23. The van der Waals surface area contributed by atoms with Gasteiger partial charge in [0.05, 0.1) is 11.4 Å². The monoisotopic (exact) mass is 501 g/mol. The number of nitrogens with one attached hydrogen (secondary N) is 2. The second-order valence-electron chi connectivity index (χ2n) is 9.39. The fraction of sp³-hybridized carbons (Fsp3) is 0.167. The third-order valence-electron chi connectivity index (χ3n) is 6.97. The number of imidazole rings is 1. The van der Waals surface area contributed by atoms with Crippen molar-refractivity contribution in [1.82, 2.24) is 29.0 Å². The number of benzene rings is 2. The van der Waals surface area contributed by atoms with E-state index in [0.29, 0.717) is 5.69 Å². The van der Waals surface area contributed by atoms with Crippen LogP contribution in [0.15, 0.2) is 90.2 Å². The minimum absolute atomic E-state index is 0.254. The molecule has 6 aromatic rings. The second kappa shape index (κ2) is 9.88. The Morgan fingerprint density at radius 3 is 2.58 bits per heavy atom. The highest BCUT2D eigenvalue weighted by molar-refractivity contribution is 5.98. The standard InChI is InChI=1S/C30H27N7O/c1-35-20-28(23-10-3-4-11-26(23)35)37-29(25(16-31)34-30(37)38)24-19-36(27-12-5-2-9-22(24)27)15-7-14-33-18-21-8-6-13-32-17-21/h2-6,8-13,17,19-20,33H,7,14-15,18H2,1H3,(H,34,38). The average molecular weight is 502 g/mol. The van der Waals surface area contributed by atoms with Crippen LogP contribution in [0.3, 0.4) is 0 Å². The number of para-hydroxylation sites is 2. The normalized spacial score (nSPS) is 11.4. The van der Waals surface area contributed by atoms with E-state index in [2.05, 4.69) is 44.3 Å². The zero-order valence-electron chi connectivity index (χ0n) is 21.1. The topological polar surface area (TPSA) is 96.4 Å². The van der Waals surface area contributed by atoms with Crippen molar-refractivity contribution in [2.24, 2.45) is 7.05 Å². The van der Waals surface area contributed by atoms with Crippen LogP contribution in [0.25, 0.3) is 38.8 Å². The van der Waals surface area contributed by atoms with Gasteiger partial charge in [-0.3, -0.25) is 14.5 Å². The molecule has 6 rings (SSSR count). The minimum atomic E-state index is -0.329. The maximum atomic E-state index is 13.3. The fourth-order valence-corrected chi connectivity index (χ4v) is 5.23. The number of rotatable bonds is 8.